The molecule has 302 valence electrons. The fourth-order valence-corrected chi connectivity index (χ4v) is 8.37. The predicted molar refractivity (Wildman–Crippen MR) is 196 cm³/mol. The first-order valence-electron chi connectivity index (χ1n) is 18.8. The molecule has 0 radical (unpaired) electrons. The van der Waals surface area contributed by atoms with Gasteiger partial charge in [-0.05, 0) is 76.0 Å². The molecule has 3 N–H and O–H groups in total. The number of hydrogen-bond acceptors (Lipinski definition) is 8. The van der Waals surface area contributed by atoms with Crippen molar-refractivity contribution in [3.8, 4) is 0 Å². The van der Waals surface area contributed by atoms with Gasteiger partial charge in [0.1, 0.15) is 0 Å². The number of nitrogens with two attached hydrogens (primary N) is 1. The zero-order valence-electron chi connectivity index (χ0n) is 30.8. The van der Waals surface area contributed by atoms with E-state index in [4.69, 9.17) is 10.5 Å². The highest BCUT2D eigenvalue weighted by molar-refractivity contribution is 6.01. The van der Waals surface area contributed by atoms with Crippen molar-refractivity contribution in [2.45, 2.75) is 69.1 Å². The van der Waals surface area contributed by atoms with Crippen LogP contribution in [0.5, 0.6) is 0 Å². The van der Waals surface area contributed by atoms with E-state index in [1.165, 1.54) is 9.80 Å². The van der Waals surface area contributed by atoms with Crippen LogP contribution >= 0.6 is 0 Å². The van der Waals surface area contributed by atoms with Crippen molar-refractivity contribution in [2.24, 2.45) is 0 Å². The molecule has 0 spiro atoms. The second-order valence-electron chi connectivity index (χ2n) is 15.0. The third-order valence-corrected chi connectivity index (χ3v) is 11.4. The van der Waals surface area contributed by atoms with Gasteiger partial charge in [0.05, 0.1) is 39.6 Å². The van der Waals surface area contributed by atoms with Gasteiger partial charge in [-0.15, -0.1) is 0 Å². The number of nitrogens with zero attached hydrogens (tertiary/aromatic N) is 6. The number of halogens is 6. The molecule has 7 rings (SSSR count). The van der Waals surface area contributed by atoms with Crippen LogP contribution < -0.4 is 11.4 Å². The summed E-state index contributed by atoms with van der Waals surface area (Å²) in [6, 6.07) is 8.22. The summed E-state index contributed by atoms with van der Waals surface area (Å²) >= 11 is 0. The second-order valence-corrected chi connectivity index (χ2v) is 15.0. The third-order valence-electron chi connectivity index (χ3n) is 11.4. The van der Waals surface area contributed by atoms with E-state index in [9.17, 15) is 40.7 Å². The van der Waals surface area contributed by atoms with E-state index >= 15 is 0 Å². The second kappa shape index (κ2) is 15.6. The number of imidazole rings is 1. The molecular weight excluding hydrogens is 746 g/mol. The fraction of sp³-hybridized carbons (Fsp3) is 0.526. The average molecular weight is 791 g/mol. The van der Waals surface area contributed by atoms with Crippen molar-refractivity contribution < 1.29 is 40.7 Å². The summed E-state index contributed by atoms with van der Waals surface area (Å²) in [7, 11) is 2.06. The highest BCUT2D eigenvalue weighted by Crippen LogP contribution is 2.42. The molecular formula is C38H44F6N8O4. The summed E-state index contributed by atoms with van der Waals surface area (Å²) in [6.45, 7) is 4.44. The number of piperidine rings is 2. The highest BCUT2D eigenvalue weighted by Gasteiger charge is 2.42. The number of ether oxygens (including phenoxy) is 1. The van der Waals surface area contributed by atoms with Crippen LogP contribution in [0.15, 0.2) is 47.4 Å². The number of carbonyl (C=O) groups excluding carboxylic acids is 2. The van der Waals surface area contributed by atoms with Crippen molar-refractivity contribution in [2.75, 3.05) is 65.1 Å². The largest absolute Gasteiger partial charge is 0.436 e. The minimum absolute atomic E-state index is 0.110. The first-order chi connectivity index (χ1) is 26.6. The topological polar surface area (TPSA) is 133 Å². The number of para-hydroxylation sites is 1. The van der Waals surface area contributed by atoms with Gasteiger partial charge in [0, 0.05) is 63.2 Å². The maximum atomic E-state index is 14.1. The predicted octanol–water partition coefficient (Wildman–Crippen LogP) is 5.51. The number of nitrogen functional groups attached to an aromatic ring is 1. The number of fused-ring (bicyclic) bond motifs is 3. The maximum absolute atomic E-state index is 14.1. The van der Waals surface area contributed by atoms with E-state index in [-0.39, 0.29) is 44.0 Å². The van der Waals surface area contributed by atoms with Crippen molar-refractivity contribution in [3.05, 3.63) is 69.8 Å². The third kappa shape index (κ3) is 8.17. The fourth-order valence-electron chi connectivity index (χ4n) is 8.37. The number of carbonyl (C=O) groups is 2. The Morgan fingerprint density at radius 2 is 1.50 bits per heavy atom. The van der Waals surface area contributed by atoms with Gasteiger partial charge < -0.3 is 30.2 Å². The van der Waals surface area contributed by atoms with Gasteiger partial charge in [-0.3, -0.25) is 19.2 Å². The highest BCUT2D eigenvalue weighted by atomic mass is 19.4. The molecule has 3 aliphatic rings. The number of benzene rings is 2. The Labute approximate surface area is 318 Å². The van der Waals surface area contributed by atoms with Crippen molar-refractivity contribution in [3.63, 3.8) is 0 Å². The molecule has 12 nitrogen and oxygen atoms in total. The van der Waals surface area contributed by atoms with Gasteiger partial charge in [-0.25, -0.2) is 9.59 Å². The number of nitrogens with one attached hydrogen (secondary N) is 1. The molecule has 3 fully saturated rings. The monoisotopic (exact) mass is 790 g/mol. The molecule has 5 heterocycles. The molecule has 56 heavy (non-hydrogen) atoms. The molecule has 3 aliphatic heterocycles. The van der Waals surface area contributed by atoms with Gasteiger partial charge >= 0.3 is 24.1 Å². The van der Waals surface area contributed by atoms with E-state index in [1.807, 2.05) is 24.3 Å². The van der Waals surface area contributed by atoms with Gasteiger partial charge in [-0.1, -0.05) is 18.2 Å². The molecule has 0 bridgehead atoms. The van der Waals surface area contributed by atoms with E-state index in [0.29, 0.717) is 54.4 Å². The van der Waals surface area contributed by atoms with Gasteiger partial charge in [0.2, 0.25) is 0 Å². The molecule has 0 unspecified atom stereocenters. The van der Waals surface area contributed by atoms with Crippen LogP contribution in [0.3, 0.4) is 0 Å². The molecule has 2 amide bonds. The van der Waals surface area contributed by atoms with E-state index in [0.717, 1.165) is 38.0 Å². The van der Waals surface area contributed by atoms with Gasteiger partial charge in [0.25, 0.3) is 5.91 Å². The molecule has 3 saturated heterocycles. The molecule has 2 aromatic heterocycles. The first-order valence-corrected chi connectivity index (χ1v) is 18.8. The molecule has 0 aliphatic carbocycles. The van der Waals surface area contributed by atoms with Crippen LogP contribution in [0.4, 0.5) is 36.8 Å². The molecule has 1 atom stereocenters. The summed E-state index contributed by atoms with van der Waals surface area (Å²) in [5.74, 6) is -0.703. The van der Waals surface area contributed by atoms with Crippen molar-refractivity contribution >= 4 is 39.6 Å². The van der Waals surface area contributed by atoms with Gasteiger partial charge in [-0.2, -0.15) is 26.3 Å². The van der Waals surface area contributed by atoms with Crippen LogP contribution in [0.2, 0.25) is 0 Å². The van der Waals surface area contributed by atoms with Crippen LogP contribution in [0.1, 0.15) is 54.8 Å². The molecule has 0 saturated carbocycles. The number of aromatic amines is 1. The molecule has 2 aromatic carbocycles. The number of rotatable bonds is 6. The Morgan fingerprint density at radius 1 is 0.875 bits per heavy atom. The Bertz CT molecular complexity index is 2100. The summed E-state index contributed by atoms with van der Waals surface area (Å²) in [5.41, 5.74) is 1.62. The van der Waals surface area contributed by atoms with E-state index in [1.54, 1.807) is 10.8 Å². The summed E-state index contributed by atoms with van der Waals surface area (Å²) < 4.78 is 91.0. The Kier molecular flexibility index (Phi) is 11.0. The number of likely N-dealkylation sites (tertiary alicyclic amines) is 2. The first kappa shape index (κ1) is 39.4. The SMILES string of the molecule is CN1CCCN(C2CCN(C(=O)[C@@H](Cc3cc(C(F)(F)F)c(N)c(C(F)(F)F)c3)OC(=O)N3CCC(n4c(=O)[nH]c5c6ccccc6ncc54)CC3)CC2)CC1. The number of amides is 2. The van der Waals surface area contributed by atoms with E-state index in [2.05, 4.69) is 26.8 Å². The van der Waals surface area contributed by atoms with Crippen LogP contribution in [-0.2, 0) is 28.3 Å². The minimum atomic E-state index is -5.22. The van der Waals surface area contributed by atoms with Crippen LogP contribution in [0, 0.1) is 0 Å². The number of hydrogen-bond donors (Lipinski definition) is 2. The lowest BCUT2D eigenvalue weighted by Crippen LogP contribution is -2.51. The van der Waals surface area contributed by atoms with E-state index < -0.39 is 59.3 Å². The summed E-state index contributed by atoms with van der Waals surface area (Å²) in [6.07, 6.45) is -9.34. The minimum Gasteiger partial charge on any atom is -0.436 e. The average Bonchev–Trinajstić information content (AvgIpc) is 3.35. The van der Waals surface area contributed by atoms with Crippen molar-refractivity contribution in [1.82, 2.24) is 34.1 Å². The van der Waals surface area contributed by atoms with Crippen LogP contribution in [0.25, 0.3) is 21.9 Å². The molecule has 4 aromatic rings. The number of H-pyrrole nitrogens is 1. The normalized spacial score (nSPS) is 19.4. The zero-order chi connectivity index (χ0) is 39.9. The molecule has 18 heteroatoms. The number of alkyl halides is 6. The smallest absolute Gasteiger partial charge is 0.418 e. The van der Waals surface area contributed by atoms with Crippen LogP contribution in [-0.4, -0.2) is 118 Å². The van der Waals surface area contributed by atoms with Crippen molar-refractivity contribution in [1.29, 1.82) is 0 Å². The number of likely N-dealkylation sites (N-methyl/N-ethyl adjacent to an activating group) is 1. The standard InChI is InChI=1S/C38H44F6N8O4/c1-48-11-4-12-49(18-17-48)24-7-13-50(14-8-24)34(53)31(21-23-19-27(37(39,40)41)32(45)28(20-23)38(42,43)44)56-36(55)51-15-9-25(10-16-51)52-30-22-46-29-6-3-2-5-26(29)33(30)47-35(52)54/h2-3,5-6,19-20,22,24-25,31H,4,7-18,21,45H2,1H3,(H,47,54)/t31-/m1/s1. The maximum Gasteiger partial charge on any atom is 0.418 e. The lowest BCUT2D eigenvalue weighted by molar-refractivity contribution is -0.142. The number of pyridine rings is 1. The summed E-state index contributed by atoms with van der Waals surface area (Å²) in [4.78, 5) is 55.8. The lowest BCUT2D eigenvalue weighted by Gasteiger charge is -2.39. The number of anilines is 1. The zero-order valence-corrected chi connectivity index (χ0v) is 30.8. The lowest BCUT2D eigenvalue weighted by atomic mass is 9.97. The quantitative estimate of drug-likeness (QED) is 0.193. The Hall–Kier alpha value is -4.84. The Balaban J connectivity index is 1.09. The summed E-state index contributed by atoms with van der Waals surface area (Å²) in [5, 5.41) is 0.780. The Morgan fingerprint density at radius 3 is 2.16 bits per heavy atom. The number of aromatic nitrogens is 3. The van der Waals surface area contributed by atoms with Gasteiger partial charge in [0.15, 0.2) is 6.10 Å².